The molecule has 6 rings (SSSR count). The van der Waals surface area contributed by atoms with E-state index in [1.165, 1.54) is 10.5 Å². The van der Waals surface area contributed by atoms with Crippen molar-refractivity contribution in [1.29, 1.82) is 0 Å². The molecule has 232 valence electrons. The van der Waals surface area contributed by atoms with Crippen LogP contribution in [0.4, 0.5) is 4.79 Å². The van der Waals surface area contributed by atoms with Gasteiger partial charge >= 0.3 is 6.09 Å². The molecular weight excluding hydrogens is 578 g/mol. The van der Waals surface area contributed by atoms with E-state index in [9.17, 15) is 14.7 Å². The predicted molar refractivity (Wildman–Crippen MR) is 171 cm³/mol. The summed E-state index contributed by atoms with van der Waals surface area (Å²) in [6.45, 7) is 2.21. The summed E-state index contributed by atoms with van der Waals surface area (Å²) in [5, 5.41) is 13.8. The minimum absolute atomic E-state index is 0. The largest absolute Gasteiger partial charge is 0.467 e. The standard InChI is InChI=1S/C34H39N5O4.ClH/c40-33(37-19-18-35-22-27(37)21-25-11-4-1-5-12-25)31-32(26-13-6-2-7-14-26)39(24-36-31)30-17-9-3-8-16-29(30)38(34(41)42)23-28-15-10-20-43-28;/h1-2,4-7,10-15,20,24,27,29-30,35H,3,8-9,16-19,21-23H2,(H,41,42);1H/t27-,29?,30?;/m1./s1. The third-order valence-corrected chi connectivity index (χ3v) is 8.82. The van der Waals surface area contributed by atoms with Crippen molar-refractivity contribution >= 4 is 24.4 Å². The van der Waals surface area contributed by atoms with Crippen molar-refractivity contribution in [2.45, 2.75) is 63.2 Å². The number of imidazole rings is 1. The molecule has 1 aliphatic carbocycles. The summed E-state index contributed by atoms with van der Waals surface area (Å²) < 4.78 is 7.63. The second-order valence-electron chi connectivity index (χ2n) is 11.5. The molecule has 44 heavy (non-hydrogen) atoms. The Labute approximate surface area is 264 Å². The van der Waals surface area contributed by atoms with Gasteiger partial charge in [-0.2, -0.15) is 0 Å². The third kappa shape index (κ3) is 6.84. The third-order valence-electron chi connectivity index (χ3n) is 8.82. The van der Waals surface area contributed by atoms with Crippen molar-refractivity contribution in [3.05, 3.63) is 102 Å². The van der Waals surface area contributed by atoms with Gasteiger partial charge in [-0.1, -0.05) is 79.9 Å². The normalized spacial score (nSPS) is 20.4. The van der Waals surface area contributed by atoms with Crippen LogP contribution in [0.2, 0.25) is 0 Å². The van der Waals surface area contributed by atoms with E-state index in [0.717, 1.165) is 56.3 Å². The van der Waals surface area contributed by atoms with Crippen molar-refractivity contribution in [2.24, 2.45) is 0 Å². The SMILES string of the molecule is Cl.O=C(O)N(Cc1ccco1)C1CCCCCC1n1cnc(C(=O)N2CCNC[C@H]2Cc2ccccc2)c1-c1ccccc1. The first-order valence-corrected chi connectivity index (χ1v) is 15.3. The van der Waals surface area contributed by atoms with Crippen LogP contribution in [-0.4, -0.2) is 68.2 Å². The summed E-state index contributed by atoms with van der Waals surface area (Å²) in [6.07, 6.45) is 7.58. The molecule has 1 aliphatic heterocycles. The molecular formula is C34H40ClN5O4. The monoisotopic (exact) mass is 617 g/mol. The van der Waals surface area contributed by atoms with Gasteiger partial charge in [-0.3, -0.25) is 9.69 Å². The average molecular weight is 618 g/mol. The number of nitrogens with zero attached hydrogens (tertiary/aromatic N) is 4. The molecule has 9 nitrogen and oxygen atoms in total. The lowest BCUT2D eigenvalue weighted by atomic mass is 9.98. The Hall–Kier alpha value is -4.08. The summed E-state index contributed by atoms with van der Waals surface area (Å²) in [5.74, 6) is 0.522. The maximum absolute atomic E-state index is 14.4. The van der Waals surface area contributed by atoms with Gasteiger partial charge in [0, 0.05) is 31.2 Å². The number of carboxylic acid groups (broad SMARTS) is 1. The van der Waals surface area contributed by atoms with Crippen LogP contribution in [0, 0.1) is 0 Å². The smallest absolute Gasteiger partial charge is 0.408 e. The maximum atomic E-state index is 14.4. The first-order chi connectivity index (χ1) is 21.1. The van der Waals surface area contributed by atoms with E-state index < -0.39 is 6.09 Å². The second-order valence-corrected chi connectivity index (χ2v) is 11.5. The van der Waals surface area contributed by atoms with Gasteiger partial charge in [0.25, 0.3) is 5.91 Å². The minimum Gasteiger partial charge on any atom is -0.467 e. The Morgan fingerprint density at radius 2 is 1.73 bits per heavy atom. The number of rotatable bonds is 8. The second kappa shape index (κ2) is 14.6. The molecule has 3 heterocycles. The summed E-state index contributed by atoms with van der Waals surface area (Å²) in [4.78, 5) is 35.3. The highest BCUT2D eigenvalue weighted by Crippen LogP contribution is 2.37. The molecule has 10 heteroatoms. The molecule has 0 radical (unpaired) electrons. The highest BCUT2D eigenvalue weighted by atomic mass is 35.5. The van der Waals surface area contributed by atoms with Crippen LogP contribution in [0.1, 0.15) is 60.0 Å². The Balaban J connectivity index is 0.00000384. The molecule has 2 unspecified atom stereocenters. The summed E-state index contributed by atoms with van der Waals surface area (Å²) in [5.41, 5.74) is 3.26. The topological polar surface area (TPSA) is 104 Å². The predicted octanol–water partition coefficient (Wildman–Crippen LogP) is 6.28. The van der Waals surface area contributed by atoms with E-state index in [2.05, 4.69) is 22.0 Å². The fraction of sp³-hybridized carbons (Fsp3) is 0.382. The molecule has 2 amide bonds. The number of hydrogen-bond acceptors (Lipinski definition) is 5. The lowest BCUT2D eigenvalue weighted by molar-refractivity contribution is 0.0630. The lowest BCUT2D eigenvalue weighted by Crippen LogP contribution is -2.54. The van der Waals surface area contributed by atoms with Crippen molar-refractivity contribution in [1.82, 2.24) is 24.7 Å². The first-order valence-electron chi connectivity index (χ1n) is 15.3. The van der Waals surface area contributed by atoms with Gasteiger partial charge in [-0.05, 0) is 37.0 Å². The molecule has 1 saturated heterocycles. The number of halogens is 1. The Bertz CT molecular complexity index is 1490. The van der Waals surface area contributed by atoms with Crippen molar-refractivity contribution in [3.8, 4) is 11.3 Å². The summed E-state index contributed by atoms with van der Waals surface area (Å²) in [6, 6.07) is 23.3. The van der Waals surface area contributed by atoms with Crippen LogP contribution >= 0.6 is 12.4 Å². The molecule has 0 spiro atoms. The molecule has 2 aromatic heterocycles. The fourth-order valence-corrected chi connectivity index (χ4v) is 6.74. The molecule has 2 aliphatic rings. The zero-order valence-corrected chi connectivity index (χ0v) is 25.6. The number of carbonyl (C=O) groups is 2. The Morgan fingerprint density at radius 1 is 0.977 bits per heavy atom. The molecule has 3 atom stereocenters. The summed E-state index contributed by atoms with van der Waals surface area (Å²) in [7, 11) is 0. The van der Waals surface area contributed by atoms with Crippen molar-refractivity contribution in [3.63, 3.8) is 0 Å². The number of benzene rings is 2. The molecule has 2 fully saturated rings. The number of carbonyl (C=O) groups excluding carboxylic acids is 1. The van der Waals surface area contributed by atoms with Gasteiger partial charge in [0.2, 0.25) is 0 Å². The number of furan rings is 1. The molecule has 4 aromatic rings. The highest BCUT2D eigenvalue weighted by Gasteiger charge is 2.37. The first kappa shape index (κ1) is 31.3. The zero-order chi connectivity index (χ0) is 29.6. The van der Waals surface area contributed by atoms with E-state index in [-0.39, 0.29) is 43.0 Å². The van der Waals surface area contributed by atoms with Crippen LogP contribution in [0.5, 0.6) is 0 Å². The molecule has 1 saturated carbocycles. The number of nitrogens with one attached hydrogen (secondary N) is 1. The van der Waals surface area contributed by atoms with Crippen molar-refractivity contribution < 1.29 is 19.1 Å². The van der Waals surface area contributed by atoms with Crippen molar-refractivity contribution in [2.75, 3.05) is 19.6 Å². The van der Waals surface area contributed by atoms with Crippen LogP contribution in [-0.2, 0) is 13.0 Å². The van der Waals surface area contributed by atoms with E-state index in [4.69, 9.17) is 9.40 Å². The van der Waals surface area contributed by atoms with Gasteiger partial charge in [-0.25, -0.2) is 9.78 Å². The summed E-state index contributed by atoms with van der Waals surface area (Å²) >= 11 is 0. The Kier molecular flexibility index (Phi) is 10.4. The fourth-order valence-electron chi connectivity index (χ4n) is 6.74. The average Bonchev–Trinajstić information content (AvgIpc) is 3.66. The van der Waals surface area contributed by atoms with Crippen LogP contribution in [0.3, 0.4) is 0 Å². The number of amides is 2. The van der Waals surface area contributed by atoms with E-state index in [1.54, 1.807) is 18.7 Å². The quantitative estimate of drug-likeness (QED) is 0.226. The van der Waals surface area contributed by atoms with E-state index in [0.29, 0.717) is 24.5 Å². The Morgan fingerprint density at radius 3 is 2.45 bits per heavy atom. The van der Waals surface area contributed by atoms with Gasteiger partial charge in [0.15, 0.2) is 5.69 Å². The highest BCUT2D eigenvalue weighted by molar-refractivity contribution is 5.98. The number of piperazine rings is 1. The molecule has 2 aromatic carbocycles. The lowest BCUT2D eigenvalue weighted by Gasteiger charge is -2.37. The van der Waals surface area contributed by atoms with Gasteiger partial charge in [0.05, 0.1) is 36.9 Å². The zero-order valence-electron chi connectivity index (χ0n) is 24.8. The number of hydrogen-bond donors (Lipinski definition) is 2. The van der Waals surface area contributed by atoms with Gasteiger partial charge in [-0.15, -0.1) is 12.4 Å². The van der Waals surface area contributed by atoms with Crippen LogP contribution in [0.15, 0.2) is 89.8 Å². The van der Waals surface area contributed by atoms with Crippen LogP contribution in [0.25, 0.3) is 11.3 Å². The number of aromatic nitrogens is 2. The van der Waals surface area contributed by atoms with Gasteiger partial charge < -0.3 is 24.3 Å². The van der Waals surface area contributed by atoms with E-state index >= 15 is 0 Å². The molecule has 0 bridgehead atoms. The minimum atomic E-state index is -0.976. The van der Waals surface area contributed by atoms with E-state index in [1.807, 2.05) is 59.5 Å². The molecule has 2 N–H and O–H groups in total. The van der Waals surface area contributed by atoms with Crippen LogP contribution < -0.4 is 5.32 Å². The van der Waals surface area contributed by atoms with Gasteiger partial charge in [0.1, 0.15) is 5.76 Å². The maximum Gasteiger partial charge on any atom is 0.408 e.